The van der Waals surface area contributed by atoms with Gasteiger partial charge in [-0.2, -0.15) is 0 Å². The average Bonchev–Trinajstić information content (AvgIpc) is 3.65. The van der Waals surface area contributed by atoms with E-state index in [9.17, 15) is 43.2 Å². The molecule has 528 valence electrons. The first kappa shape index (κ1) is 87.1. The van der Waals surface area contributed by atoms with Gasteiger partial charge in [0.05, 0.1) is 26.4 Å². The second-order valence-electron chi connectivity index (χ2n) is 26.7. The Kier molecular flexibility index (Phi) is 58.5. The van der Waals surface area contributed by atoms with Crippen LogP contribution < -0.4 is 0 Å². The van der Waals surface area contributed by atoms with Crippen LogP contribution in [0.4, 0.5) is 0 Å². The zero-order valence-corrected chi connectivity index (χ0v) is 59.8. The summed E-state index contributed by atoms with van der Waals surface area (Å²) >= 11 is 0. The molecule has 0 bridgehead atoms. The molecule has 89 heavy (non-hydrogen) atoms. The number of hydrogen-bond donors (Lipinski definition) is 3. The number of esters is 4. The van der Waals surface area contributed by atoms with E-state index in [1.165, 1.54) is 141 Å². The van der Waals surface area contributed by atoms with E-state index in [1.54, 1.807) is 0 Å². The number of phosphoric acid groups is 2. The molecular formula is C70H136O17P2. The molecule has 0 heterocycles. The Balaban J connectivity index is 5.22. The smallest absolute Gasteiger partial charge is 0.462 e. The lowest BCUT2D eigenvalue weighted by atomic mass is 9.99. The van der Waals surface area contributed by atoms with Crippen molar-refractivity contribution < 1.29 is 80.2 Å². The third kappa shape index (κ3) is 62.0. The number of phosphoric ester groups is 2. The number of aliphatic hydroxyl groups excluding tert-OH is 1. The Labute approximate surface area is 543 Å². The number of carbonyl (C=O) groups is 4. The van der Waals surface area contributed by atoms with Crippen LogP contribution in [0.1, 0.15) is 344 Å². The molecule has 0 amide bonds. The number of rotatable bonds is 67. The zero-order valence-electron chi connectivity index (χ0n) is 58.1. The zero-order chi connectivity index (χ0) is 66.1. The molecule has 0 rings (SSSR count). The van der Waals surface area contributed by atoms with Gasteiger partial charge >= 0.3 is 39.5 Å². The maximum atomic E-state index is 13.0. The predicted octanol–water partition coefficient (Wildman–Crippen LogP) is 19.7. The minimum absolute atomic E-state index is 0.102. The molecule has 0 aromatic carbocycles. The number of carbonyl (C=O) groups excluding carboxylic acids is 4. The molecule has 0 aliphatic heterocycles. The Bertz CT molecular complexity index is 1770. The molecule has 19 heteroatoms. The molecule has 0 aliphatic rings. The second kappa shape index (κ2) is 59.8. The quantitative estimate of drug-likeness (QED) is 0.0222. The molecule has 0 fully saturated rings. The van der Waals surface area contributed by atoms with Crippen molar-refractivity contribution in [2.75, 3.05) is 39.6 Å². The molecule has 0 aliphatic carbocycles. The van der Waals surface area contributed by atoms with E-state index in [1.807, 2.05) is 0 Å². The molecular weight excluding hydrogens is 1170 g/mol. The summed E-state index contributed by atoms with van der Waals surface area (Å²) in [5.74, 6) is 0.862. The van der Waals surface area contributed by atoms with Crippen molar-refractivity contribution in [3.63, 3.8) is 0 Å². The Morgan fingerprint density at radius 1 is 0.315 bits per heavy atom. The van der Waals surface area contributed by atoms with Crippen molar-refractivity contribution in [1.29, 1.82) is 0 Å². The van der Waals surface area contributed by atoms with Crippen LogP contribution in [0.15, 0.2) is 0 Å². The number of aliphatic hydroxyl groups is 1. The monoisotopic (exact) mass is 1310 g/mol. The maximum Gasteiger partial charge on any atom is 0.472 e. The molecule has 0 spiro atoms. The fourth-order valence-corrected chi connectivity index (χ4v) is 12.0. The standard InChI is InChI=1S/C70H136O17P2/c1-9-62(7)48-40-32-23-19-16-17-20-24-34-42-50-67(72)80-56-66(87-70(75)53-45-37-29-27-33-41-49-63(8)10-2)59-85-89(78,79)83-55-64(71)54-82-88(76,77)84-58-65(57-81-68(73)51-43-35-28-26-31-39-47-61(5)6)86-69(74)52-44-36-25-21-15-13-11-12-14-18-22-30-38-46-60(3)4/h60-66,71H,9-59H2,1-8H3,(H,76,77)(H,78,79)/t62?,63?,64-,65+,66+/m0/s1. The van der Waals surface area contributed by atoms with Crippen LogP contribution in [-0.2, 0) is 65.4 Å². The van der Waals surface area contributed by atoms with Gasteiger partial charge in [0.25, 0.3) is 0 Å². The van der Waals surface area contributed by atoms with E-state index in [2.05, 4.69) is 55.4 Å². The van der Waals surface area contributed by atoms with Gasteiger partial charge in [-0.25, -0.2) is 9.13 Å². The van der Waals surface area contributed by atoms with Gasteiger partial charge in [0.15, 0.2) is 12.2 Å². The van der Waals surface area contributed by atoms with Crippen molar-refractivity contribution in [2.24, 2.45) is 23.7 Å². The first-order valence-corrected chi connectivity index (χ1v) is 39.3. The fraction of sp³-hybridized carbons (Fsp3) is 0.943. The Morgan fingerprint density at radius 3 is 0.798 bits per heavy atom. The summed E-state index contributed by atoms with van der Waals surface area (Å²) in [6, 6.07) is 0. The summed E-state index contributed by atoms with van der Waals surface area (Å²) in [6.45, 7) is 14.1. The molecule has 0 radical (unpaired) electrons. The van der Waals surface area contributed by atoms with Crippen LogP contribution in [0.5, 0.6) is 0 Å². The highest BCUT2D eigenvalue weighted by Crippen LogP contribution is 2.45. The lowest BCUT2D eigenvalue weighted by Crippen LogP contribution is -2.30. The topological polar surface area (TPSA) is 237 Å². The van der Waals surface area contributed by atoms with Crippen molar-refractivity contribution >= 4 is 39.5 Å². The van der Waals surface area contributed by atoms with E-state index in [0.717, 1.165) is 114 Å². The van der Waals surface area contributed by atoms with Crippen LogP contribution in [0.25, 0.3) is 0 Å². The van der Waals surface area contributed by atoms with Gasteiger partial charge in [-0.15, -0.1) is 0 Å². The SMILES string of the molecule is CCC(C)CCCCCCCCCCCCC(=O)OC[C@H](COP(=O)(O)OC[C@@H](O)COP(=O)(O)OC[C@@H](COC(=O)CCCCCCCCC(C)C)OC(=O)CCCCCCCCCCCCCCCC(C)C)OC(=O)CCCCCCCCC(C)CC. The third-order valence-electron chi connectivity index (χ3n) is 16.8. The molecule has 0 aromatic rings. The Hall–Kier alpha value is -1.94. The predicted molar refractivity (Wildman–Crippen MR) is 358 cm³/mol. The largest absolute Gasteiger partial charge is 0.472 e. The average molecular weight is 1310 g/mol. The minimum Gasteiger partial charge on any atom is -0.462 e. The fourth-order valence-electron chi connectivity index (χ4n) is 10.4. The lowest BCUT2D eigenvalue weighted by molar-refractivity contribution is -0.161. The highest BCUT2D eigenvalue weighted by atomic mass is 31.2. The van der Waals surface area contributed by atoms with E-state index in [0.29, 0.717) is 31.6 Å². The first-order chi connectivity index (χ1) is 42.7. The highest BCUT2D eigenvalue weighted by Gasteiger charge is 2.30. The van der Waals surface area contributed by atoms with Gasteiger partial charge in [0.2, 0.25) is 0 Å². The van der Waals surface area contributed by atoms with Crippen molar-refractivity contribution in [3.05, 3.63) is 0 Å². The first-order valence-electron chi connectivity index (χ1n) is 36.3. The summed E-state index contributed by atoms with van der Waals surface area (Å²) in [5.41, 5.74) is 0. The van der Waals surface area contributed by atoms with Crippen molar-refractivity contribution in [3.8, 4) is 0 Å². The van der Waals surface area contributed by atoms with Gasteiger partial charge in [-0.05, 0) is 49.4 Å². The van der Waals surface area contributed by atoms with Crippen LogP contribution in [0.2, 0.25) is 0 Å². The number of unbranched alkanes of at least 4 members (excludes halogenated alkanes) is 31. The van der Waals surface area contributed by atoms with E-state index < -0.39 is 97.5 Å². The normalized spacial score (nSPS) is 14.9. The summed E-state index contributed by atoms with van der Waals surface area (Å²) in [6.07, 6.45) is 41.8. The van der Waals surface area contributed by atoms with Gasteiger partial charge < -0.3 is 33.8 Å². The highest BCUT2D eigenvalue weighted by molar-refractivity contribution is 7.47. The summed E-state index contributed by atoms with van der Waals surface area (Å²) in [5, 5.41) is 10.6. The third-order valence-corrected chi connectivity index (χ3v) is 18.7. The van der Waals surface area contributed by atoms with Crippen LogP contribution >= 0.6 is 15.6 Å². The van der Waals surface area contributed by atoms with Crippen LogP contribution in [-0.4, -0.2) is 96.7 Å². The van der Waals surface area contributed by atoms with Gasteiger partial charge in [0, 0.05) is 25.7 Å². The van der Waals surface area contributed by atoms with Crippen molar-refractivity contribution in [1.82, 2.24) is 0 Å². The van der Waals surface area contributed by atoms with Crippen LogP contribution in [0.3, 0.4) is 0 Å². The minimum atomic E-state index is -4.95. The molecule has 0 saturated heterocycles. The number of hydrogen-bond acceptors (Lipinski definition) is 15. The Morgan fingerprint density at radius 2 is 0.539 bits per heavy atom. The molecule has 4 unspecified atom stereocenters. The van der Waals surface area contributed by atoms with E-state index >= 15 is 0 Å². The van der Waals surface area contributed by atoms with Crippen LogP contribution in [0, 0.1) is 23.7 Å². The summed E-state index contributed by atoms with van der Waals surface area (Å²) < 4.78 is 68.2. The van der Waals surface area contributed by atoms with Gasteiger partial charge in [-0.1, -0.05) is 293 Å². The van der Waals surface area contributed by atoms with Crippen molar-refractivity contribution in [2.45, 2.75) is 363 Å². The lowest BCUT2D eigenvalue weighted by Gasteiger charge is -2.21. The molecule has 0 aromatic heterocycles. The number of ether oxygens (including phenoxy) is 4. The summed E-state index contributed by atoms with van der Waals surface area (Å²) in [4.78, 5) is 72.5. The molecule has 7 atom stereocenters. The van der Waals surface area contributed by atoms with Gasteiger partial charge in [-0.3, -0.25) is 37.3 Å². The second-order valence-corrected chi connectivity index (χ2v) is 29.6. The van der Waals surface area contributed by atoms with E-state index in [4.69, 9.17) is 37.0 Å². The molecule has 17 nitrogen and oxygen atoms in total. The maximum absolute atomic E-state index is 13.0. The molecule has 0 saturated carbocycles. The summed E-state index contributed by atoms with van der Waals surface area (Å²) in [7, 11) is -9.90. The molecule has 3 N–H and O–H groups in total. The van der Waals surface area contributed by atoms with E-state index in [-0.39, 0.29) is 25.7 Å². The van der Waals surface area contributed by atoms with Gasteiger partial charge in [0.1, 0.15) is 19.3 Å².